The highest BCUT2D eigenvalue weighted by Crippen LogP contribution is 2.38. The van der Waals surface area contributed by atoms with E-state index in [1.54, 1.807) is 12.0 Å². The van der Waals surface area contributed by atoms with Crippen molar-refractivity contribution in [2.24, 2.45) is 5.92 Å². The van der Waals surface area contributed by atoms with E-state index in [0.717, 1.165) is 29.9 Å². The van der Waals surface area contributed by atoms with Gasteiger partial charge < -0.3 is 24.2 Å². The lowest BCUT2D eigenvalue weighted by atomic mass is 9.89. The minimum Gasteiger partial charge on any atom is -0.493 e. The molecule has 1 saturated heterocycles. The number of carbonyl (C=O) groups is 1. The number of hydrogen-bond donors (Lipinski definition) is 1. The number of ether oxygens (including phenoxy) is 3. The molecule has 1 saturated carbocycles. The number of likely N-dealkylation sites (tertiary alicyclic amines) is 1. The molecule has 25 heavy (non-hydrogen) atoms. The molecule has 2 atom stereocenters. The molecule has 1 aliphatic carbocycles. The third-order valence-electron chi connectivity index (χ3n) is 5.32. The number of benzene rings is 1. The summed E-state index contributed by atoms with van der Waals surface area (Å²) in [7, 11) is 3.02. The van der Waals surface area contributed by atoms with Gasteiger partial charge in [0.05, 0.1) is 20.3 Å². The fourth-order valence-corrected chi connectivity index (χ4v) is 3.91. The van der Waals surface area contributed by atoms with Gasteiger partial charge in [0.2, 0.25) is 0 Å². The van der Waals surface area contributed by atoms with Crippen LogP contribution in [0.25, 0.3) is 0 Å². The molecule has 2 aliphatic rings. The highest BCUT2D eigenvalue weighted by Gasteiger charge is 2.36. The van der Waals surface area contributed by atoms with Crippen LogP contribution in [-0.2, 0) is 4.74 Å². The number of rotatable bonds is 5. The van der Waals surface area contributed by atoms with Crippen molar-refractivity contribution in [3.8, 4) is 11.5 Å². The first kappa shape index (κ1) is 17.9. The zero-order valence-corrected chi connectivity index (χ0v) is 14.9. The average molecular weight is 349 g/mol. The van der Waals surface area contributed by atoms with E-state index in [4.69, 9.17) is 14.2 Å². The quantitative estimate of drug-likeness (QED) is 0.885. The van der Waals surface area contributed by atoms with E-state index in [2.05, 4.69) is 0 Å². The van der Waals surface area contributed by atoms with Gasteiger partial charge in [0.25, 0.3) is 0 Å². The molecular formula is C19H27NO5. The van der Waals surface area contributed by atoms with E-state index >= 15 is 0 Å². The summed E-state index contributed by atoms with van der Waals surface area (Å²) in [6.45, 7) is 1.06. The number of hydrogen-bond acceptors (Lipinski definition) is 5. The second-order valence-electron chi connectivity index (χ2n) is 6.86. The van der Waals surface area contributed by atoms with Gasteiger partial charge in [-0.05, 0) is 43.4 Å². The molecule has 1 aliphatic heterocycles. The standard InChI is InChI=1S/C19H27NO5/c1-23-17-8-7-13(9-18(17)25-15-5-3-4-6-15)16-11-20(19(22)24-2)10-14(16)12-21/h7-9,14-16,21H,3-6,10-12H2,1-2H3/t14-,16-/m1/s1. The summed E-state index contributed by atoms with van der Waals surface area (Å²) in [5, 5.41) is 9.74. The zero-order chi connectivity index (χ0) is 17.8. The molecule has 138 valence electrons. The monoisotopic (exact) mass is 349 g/mol. The van der Waals surface area contributed by atoms with Crippen LogP contribution in [0.3, 0.4) is 0 Å². The SMILES string of the molecule is COC(=O)N1C[C@H](CO)[C@@H](c2ccc(OC)c(OC3CCCC3)c2)C1. The van der Waals surface area contributed by atoms with E-state index in [1.165, 1.54) is 20.0 Å². The Labute approximate surface area is 148 Å². The van der Waals surface area contributed by atoms with Crippen LogP contribution in [0.4, 0.5) is 4.79 Å². The van der Waals surface area contributed by atoms with Crippen LogP contribution in [0.2, 0.25) is 0 Å². The molecule has 0 spiro atoms. The normalized spacial score (nSPS) is 23.7. The van der Waals surface area contributed by atoms with Crippen molar-refractivity contribution >= 4 is 6.09 Å². The summed E-state index contributed by atoms with van der Waals surface area (Å²) >= 11 is 0. The van der Waals surface area contributed by atoms with Crippen molar-refractivity contribution in [3.05, 3.63) is 23.8 Å². The molecule has 1 heterocycles. The Kier molecular flexibility index (Phi) is 5.68. The number of aliphatic hydroxyl groups excluding tert-OH is 1. The average Bonchev–Trinajstić information content (AvgIpc) is 3.30. The number of methoxy groups -OCH3 is 2. The fourth-order valence-electron chi connectivity index (χ4n) is 3.91. The second-order valence-corrected chi connectivity index (χ2v) is 6.86. The summed E-state index contributed by atoms with van der Waals surface area (Å²) < 4.78 is 16.4. The molecule has 1 aromatic rings. The van der Waals surface area contributed by atoms with Gasteiger partial charge >= 0.3 is 6.09 Å². The van der Waals surface area contributed by atoms with E-state index in [-0.39, 0.29) is 30.6 Å². The summed E-state index contributed by atoms with van der Waals surface area (Å²) in [5.74, 6) is 1.52. The van der Waals surface area contributed by atoms with Gasteiger partial charge in [-0.3, -0.25) is 0 Å². The van der Waals surface area contributed by atoms with Gasteiger partial charge in [-0.2, -0.15) is 0 Å². The van der Waals surface area contributed by atoms with Crippen LogP contribution in [0.1, 0.15) is 37.2 Å². The van der Waals surface area contributed by atoms with E-state index < -0.39 is 0 Å². The molecule has 3 rings (SSSR count). The van der Waals surface area contributed by atoms with Crippen LogP contribution < -0.4 is 9.47 Å². The van der Waals surface area contributed by atoms with Crippen LogP contribution in [-0.4, -0.2) is 56.1 Å². The van der Waals surface area contributed by atoms with Gasteiger partial charge in [0.15, 0.2) is 11.5 Å². The zero-order valence-electron chi connectivity index (χ0n) is 14.9. The highest BCUT2D eigenvalue weighted by atomic mass is 16.5. The third-order valence-corrected chi connectivity index (χ3v) is 5.32. The van der Waals surface area contributed by atoms with Crippen molar-refractivity contribution in [1.29, 1.82) is 0 Å². The predicted molar refractivity (Wildman–Crippen MR) is 93.2 cm³/mol. The molecular weight excluding hydrogens is 322 g/mol. The summed E-state index contributed by atoms with van der Waals surface area (Å²) in [6, 6.07) is 5.91. The van der Waals surface area contributed by atoms with Crippen LogP contribution in [0.5, 0.6) is 11.5 Å². The highest BCUT2D eigenvalue weighted by molar-refractivity contribution is 5.68. The Morgan fingerprint density at radius 3 is 2.60 bits per heavy atom. The first-order chi connectivity index (χ1) is 12.2. The number of carbonyl (C=O) groups excluding carboxylic acids is 1. The maximum atomic E-state index is 11.8. The fraction of sp³-hybridized carbons (Fsp3) is 0.632. The number of aliphatic hydroxyl groups is 1. The van der Waals surface area contributed by atoms with Gasteiger partial charge in [0, 0.05) is 31.5 Å². The minimum atomic E-state index is -0.350. The van der Waals surface area contributed by atoms with Gasteiger partial charge in [0.1, 0.15) is 0 Å². The van der Waals surface area contributed by atoms with E-state index in [0.29, 0.717) is 13.1 Å². The largest absolute Gasteiger partial charge is 0.493 e. The Hall–Kier alpha value is -1.95. The molecule has 1 aromatic carbocycles. The molecule has 0 bridgehead atoms. The Morgan fingerprint density at radius 1 is 1.20 bits per heavy atom. The van der Waals surface area contributed by atoms with Crippen LogP contribution in [0, 0.1) is 5.92 Å². The molecule has 6 nitrogen and oxygen atoms in total. The lowest BCUT2D eigenvalue weighted by molar-refractivity contribution is 0.129. The van der Waals surface area contributed by atoms with Crippen LogP contribution in [0.15, 0.2) is 18.2 Å². The minimum absolute atomic E-state index is 0.00757. The second kappa shape index (κ2) is 7.95. The first-order valence-electron chi connectivity index (χ1n) is 8.94. The van der Waals surface area contributed by atoms with Crippen molar-refractivity contribution < 1.29 is 24.1 Å². The molecule has 0 aromatic heterocycles. The summed E-state index contributed by atoms with van der Waals surface area (Å²) in [6.07, 6.45) is 4.45. The van der Waals surface area contributed by atoms with Crippen LogP contribution >= 0.6 is 0 Å². The molecule has 1 N–H and O–H groups in total. The van der Waals surface area contributed by atoms with Crippen molar-refractivity contribution in [3.63, 3.8) is 0 Å². The first-order valence-corrected chi connectivity index (χ1v) is 8.94. The Balaban J connectivity index is 1.81. The molecule has 2 fully saturated rings. The maximum absolute atomic E-state index is 11.8. The number of nitrogens with zero attached hydrogens (tertiary/aromatic N) is 1. The molecule has 0 unspecified atom stereocenters. The van der Waals surface area contributed by atoms with Gasteiger partial charge in [-0.15, -0.1) is 0 Å². The van der Waals surface area contributed by atoms with Crippen molar-refractivity contribution in [1.82, 2.24) is 4.90 Å². The summed E-state index contributed by atoms with van der Waals surface area (Å²) in [4.78, 5) is 13.5. The Bertz CT molecular complexity index is 599. The van der Waals surface area contributed by atoms with Crippen molar-refractivity contribution in [2.75, 3.05) is 33.9 Å². The number of amides is 1. The third kappa shape index (κ3) is 3.84. The summed E-state index contributed by atoms with van der Waals surface area (Å²) in [5.41, 5.74) is 1.05. The van der Waals surface area contributed by atoms with E-state index in [9.17, 15) is 9.90 Å². The van der Waals surface area contributed by atoms with Crippen molar-refractivity contribution in [2.45, 2.75) is 37.7 Å². The predicted octanol–water partition coefficient (Wildman–Crippen LogP) is 2.79. The maximum Gasteiger partial charge on any atom is 0.409 e. The smallest absolute Gasteiger partial charge is 0.409 e. The topological polar surface area (TPSA) is 68.2 Å². The molecule has 6 heteroatoms. The Morgan fingerprint density at radius 2 is 1.96 bits per heavy atom. The lowest BCUT2D eigenvalue weighted by Crippen LogP contribution is -2.28. The molecule has 0 radical (unpaired) electrons. The molecule has 1 amide bonds. The van der Waals surface area contributed by atoms with E-state index in [1.807, 2.05) is 18.2 Å². The van der Waals surface area contributed by atoms with Gasteiger partial charge in [-0.25, -0.2) is 4.79 Å². The van der Waals surface area contributed by atoms with Gasteiger partial charge in [-0.1, -0.05) is 6.07 Å². The lowest BCUT2D eigenvalue weighted by Gasteiger charge is -2.20.